The van der Waals surface area contributed by atoms with Crippen LogP contribution < -0.4 is 10.5 Å². The van der Waals surface area contributed by atoms with Crippen molar-refractivity contribution in [1.82, 2.24) is 4.72 Å². The van der Waals surface area contributed by atoms with Gasteiger partial charge in [0.05, 0.1) is 5.69 Å². The van der Waals surface area contributed by atoms with Crippen molar-refractivity contribution in [3.63, 3.8) is 0 Å². The Morgan fingerprint density at radius 2 is 1.79 bits per heavy atom. The number of anilines is 1. The Bertz CT molecular complexity index is 583. The van der Waals surface area contributed by atoms with Gasteiger partial charge in [-0.15, -0.1) is 0 Å². The number of rotatable bonds is 5. The van der Waals surface area contributed by atoms with Gasteiger partial charge in [-0.05, 0) is 55.7 Å². The Morgan fingerprint density at radius 1 is 1.21 bits per heavy atom. The highest BCUT2D eigenvalue weighted by Gasteiger charge is 2.43. The summed E-state index contributed by atoms with van der Waals surface area (Å²) in [6.45, 7) is 0. The molecule has 2 aliphatic rings. The van der Waals surface area contributed by atoms with E-state index in [1.54, 1.807) is 6.07 Å². The molecule has 0 aliphatic heterocycles. The summed E-state index contributed by atoms with van der Waals surface area (Å²) in [5.74, 6) is 1.00. The van der Waals surface area contributed by atoms with Gasteiger partial charge in [0.2, 0.25) is 10.0 Å². The normalized spacial score (nSPS) is 19.9. The van der Waals surface area contributed by atoms with Gasteiger partial charge in [-0.3, -0.25) is 0 Å². The van der Waals surface area contributed by atoms with Crippen molar-refractivity contribution in [2.75, 3.05) is 5.73 Å². The number of halogens is 1. The van der Waals surface area contributed by atoms with Gasteiger partial charge in [0.1, 0.15) is 4.90 Å². The molecule has 2 aliphatic carbocycles. The standard InChI is InChI=1S/C13H17ClN2O2S/c14-10-5-6-11(15)12(7-10)19(17,18)16-13(8-1-2-8)9-3-4-9/h5-9,13,16H,1-4,15H2. The molecular weight excluding hydrogens is 284 g/mol. The zero-order valence-electron chi connectivity index (χ0n) is 10.5. The first-order valence-corrected chi connectivity index (χ1v) is 8.41. The van der Waals surface area contributed by atoms with Crippen molar-refractivity contribution in [3.05, 3.63) is 23.2 Å². The molecule has 2 saturated carbocycles. The lowest BCUT2D eigenvalue weighted by molar-refractivity contribution is 0.471. The number of benzene rings is 1. The Balaban J connectivity index is 1.87. The van der Waals surface area contributed by atoms with Crippen molar-refractivity contribution in [3.8, 4) is 0 Å². The molecule has 104 valence electrons. The Kier molecular flexibility index (Phi) is 3.23. The maximum atomic E-state index is 12.4. The van der Waals surface area contributed by atoms with Crippen LogP contribution in [0.25, 0.3) is 0 Å². The summed E-state index contributed by atoms with van der Waals surface area (Å²) < 4.78 is 27.7. The van der Waals surface area contributed by atoms with Gasteiger partial charge in [0, 0.05) is 11.1 Å². The molecule has 0 bridgehead atoms. The second-order valence-electron chi connectivity index (χ2n) is 5.50. The predicted molar refractivity (Wildman–Crippen MR) is 75.4 cm³/mol. The first-order valence-electron chi connectivity index (χ1n) is 6.55. The lowest BCUT2D eigenvalue weighted by atomic mass is 10.1. The molecule has 0 amide bonds. The molecule has 2 fully saturated rings. The van der Waals surface area contributed by atoms with E-state index in [1.807, 2.05) is 0 Å². The summed E-state index contributed by atoms with van der Waals surface area (Å²) in [6.07, 6.45) is 4.48. The Labute approximate surface area is 118 Å². The van der Waals surface area contributed by atoms with Crippen LogP contribution in [-0.2, 0) is 10.0 Å². The SMILES string of the molecule is Nc1ccc(Cl)cc1S(=O)(=O)NC(C1CC1)C1CC1. The average molecular weight is 301 g/mol. The van der Waals surface area contributed by atoms with Crippen molar-refractivity contribution in [2.24, 2.45) is 11.8 Å². The van der Waals surface area contributed by atoms with E-state index in [4.69, 9.17) is 17.3 Å². The number of nitrogens with one attached hydrogen (secondary N) is 1. The third-order valence-corrected chi connectivity index (χ3v) is 5.57. The first-order chi connectivity index (χ1) is 8.97. The van der Waals surface area contributed by atoms with Crippen LogP contribution in [0.3, 0.4) is 0 Å². The van der Waals surface area contributed by atoms with Crippen molar-refractivity contribution in [2.45, 2.75) is 36.6 Å². The summed E-state index contributed by atoms with van der Waals surface area (Å²) in [5, 5.41) is 0.379. The van der Waals surface area contributed by atoms with E-state index in [2.05, 4.69) is 4.72 Å². The summed E-state index contributed by atoms with van der Waals surface area (Å²) in [5.41, 5.74) is 6.00. The molecule has 0 heterocycles. The third kappa shape index (κ3) is 2.88. The molecule has 0 atom stereocenters. The molecule has 0 saturated heterocycles. The minimum atomic E-state index is -3.58. The zero-order chi connectivity index (χ0) is 13.6. The molecule has 4 nitrogen and oxygen atoms in total. The maximum Gasteiger partial charge on any atom is 0.242 e. The van der Waals surface area contributed by atoms with E-state index in [1.165, 1.54) is 12.1 Å². The van der Waals surface area contributed by atoms with E-state index < -0.39 is 10.0 Å². The number of hydrogen-bond acceptors (Lipinski definition) is 3. The largest absolute Gasteiger partial charge is 0.398 e. The number of nitrogens with two attached hydrogens (primary N) is 1. The monoisotopic (exact) mass is 300 g/mol. The molecule has 1 aromatic carbocycles. The van der Waals surface area contributed by atoms with Crippen LogP contribution in [0.5, 0.6) is 0 Å². The van der Waals surface area contributed by atoms with Crippen LogP contribution in [-0.4, -0.2) is 14.5 Å². The number of sulfonamides is 1. The summed E-state index contributed by atoms with van der Waals surface area (Å²) in [4.78, 5) is 0.0892. The molecule has 19 heavy (non-hydrogen) atoms. The second-order valence-corrected chi connectivity index (χ2v) is 7.62. The number of hydrogen-bond donors (Lipinski definition) is 2. The quantitative estimate of drug-likeness (QED) is 0.820. The molecule has 3 rings (SSSR count). The van der Waals surface area contributed by atoms with E-state index in [-0.39, 0.29) is 16.6 Å². The molecule has 0 unspecified atom stereocenters. The van der Waals surface area contributed by atoms with Crippen molar-refractivity contribution in [1.29, 1.82) is 0 Å². The predicted octanol–water partition coefficient (Wildman–Crippen LogP) is 2.39. The summed E-state index contributed by atoms with van der Waals surface area (Å²) >= 11 is 5.86. The smallest absolute Gasteiger partial charge is 0.242 e. The van der Waals surface area contributed by atoms with E-state index >= 15 is 0 Å². The molecule has 0 radical (unpaired) electrons. The molecule has 0 aromatic heterocycles. The maximum absolute atomic E-state index is 12.4. The molecular formula is C13H17ClN2O2S. The zero-order valence-corrected chi connectivity index (χ0v) is 12.0. The van der Waals surface area contributed by atoms with Crippen LogP contribution in [0.2, 0.25) is 5.02 Å². The van der Waals surface area contributed by atoms with Crippen LogP contribution in [0.1, 0.15) is 25.7 Å². The molecule has 0 spiro atoms. The van der Waals surface area contributed by atoms with E-state index in [9.17, 15) is 8.42 Å². The fraction of sp³-hybridized carbons (Fsp3) is 0.538. The summed E-state index contributed by atoms with van der Waals surface area (Å²) in [6, 6.07) is 4.61. The Hall–Kier alpha value is -0.780. The minimum Gasteiger partial charge on any atom is -0.398 e. The van der Waals surface area contributed by atoms with Gasteiger partial charge >= 0.3 is 0 Å². The van der Waals surface area contributed by atoms with Gasteiger partial charge in [-0.25, -0.2) is 13.1 Å². The lowest BCUT2D eigenvalue weighted by Gasteiger charge is -2.18. The fourth-order valence-electron chi connectivity index (χ4n) is 2.47. The average Bonchev–Trinajstić information content (AvgIpc) is 3.22. The minimum absolute atomic E-state index is 0.0726. The van der Waals surface area contributed by atoms with Gasteiger partial charge in [-0.2, -0.15) is 0 Å². The van der Waals surface area contributed by atoms with Gasteiger partial charge < -0.3 is 5.73 Å². The second kappa shape index (κ2) is 4.65. The fourth-order valence-corrected chi connectivity index (χ4v) is 4.24. The third-order valence-electron chi connectivity index (χ3n) is 3.82. The van der Waals surface area contributed by atoms with Gasteiger partial charge in [0.15, 0.2) is 0 Å². The van der Waals surface area contributed by atoms with Gasteiger partial charge in [-0.1, -0.05) is 11.6 Å². The molecule has 6 heteroatoms. The molecule has 3 N–H and O–H groups in total. The van der Waals surface area contributed by atoms with Crippen molar-refractivity contribution >= 4 is 27.3 Å². The topological polar surface area (TPSA) is 72.2 Å². The molecule has 1 aromatic rings. The first kappa shape index (κ1) is 13.2. The van der Waals surface area contributed by atoms with E-state index in [0.717, 1.165) is 25.7 Å². The van der Waals surface area contributed by atoms with Crippen LogP contribution in [0.15, 0.2) is 23.1 Å². The lowest BCUT2D eigenvalue weighted by Crippen LogP contribution is -2.38. The summed E-state index contributed by atoms with van der Waals surface area (Å²) in [7, 11) is -3.58. The van der Waals surface area contributed by atoms with Crippen LogP contribution >= 0.6 is 11.6 Å². The van der Waals surface area contributed by atoms with Gasteiger partial charge in [0.25, 0.3) is 0 Å². The highest BCUT2D eigenvalue weighted by molar-refractivity contribution is 7.89. The van der Waals surface area contributed by atoms with Crippen LogP contribution in [0.4, 0.5) is 5.69 Å². The van der Waals surface area contributed by atoms with E-state index in [0.29, 0.717) is 16.9 Å². The van der Waals surface area contributed by atoms with Crippen molar-refractivity contribution < 1.29 is 8.42 Å². The number of nitrogen functional groups attached to an aromatic ring is 1. The van der Waals surface area contributed by atoms with Crippen LogP contribution in [0, 0.1) is 11.8 Å². The highest BCUT2D eigenvalue weighted by atomic mass is 35.5. The highest BCUT2D eigenvalue weighted by Crippen LogP contribution is 2.45. The Morgan fingerprint density at radius 3 is 2.32 bits per heavy atom.